The molecular weight excluding hydrogens is 228 g/mol. The summed E-state index contributed by atoms with van der Waals surface area (Å²) in [6.45, 7) is 1.12. The van der Waals surface area contributed by atoms with Crippen molar-refractivity contribution in [3.63, 3.8) is 0 Å². The van der Waals surface area contributed by atoms with Crippen LogP contribution in [0.5, 0.6) is 0 Å². The van der Waals surface area contributed by atoms with E-state index in [0.29, 0.717) is 13.2 Å². The number of ether oxygens (including phenoxy) is 1. The lowest BCUT2D eigenvalue weighted by molar-refractivity contribution is -0.119. The third-order valence-corrected chi connectivity index (χ3v) is 1.98. The van der Waals surface area contributed by atoms with Crippen LogP contribution in [0.4, 0.5) is 0 Å². The van der Waals surface area contributed by atoms with Crippen molar-refractivity contribution in [1.82, 2.24) is 5.32 Å². The van der Waals surface area contributed by atoms with Crippen LogP contribution >= 0.6 is 12.4 Å². The van der Waals surface area contributed by atoms with Gasteiger partial charge in [0.2, 0.25) is 5.91 Å². The van der Waals surface area contributed by atoms with Gasteiger partial charge in [0.1, 0.15) is 0 Å². The van der Waals surface area contributed by atoms with Crippen LogP contribution < -0.4 is 11.1 Å². The molecule has 4 nitrogen and oxygen atoms in total. The van der Waals surface area contributed by atoms with Crippen molar-refractivity contribution < 1.29 is 9.53 Å². The van der Waals surface area contributed by atoms with Crippen LogP contribution in [0.1, 0.15) is 11.1 Å². The molecule has 0 aliphatic heterocycles. The number of nitrogens with one attached hydrogen (secondary N) is 1. The van der Waals surface area contributed by atoms with Crippen LogP contribution in [0.3, 0.4) is 0 Å². The Morgan fingerprint density at radius 2 is 2.12 bits per heavy atom. The molecule has 16 heavy (non-hydrogen) atoms. The van der Waals surface area contributed by atoms with Gasteiger partial charge >= 0.3 is 0 Å². The lowest BCUT2D eigenvalue weighted by Crippen LogP contribution is -2.29. The number of carbonyl (C=O) groups is 1. The molecule has 0 saturated heterocycles. The van der Waals surface area contributed by atoms with E-state index in [9.17, 15) is 4.79 Å². The number of rotatable bonds is 5. The van der Waals surface area contributed by atoms with Crippen LogP contribution in [0.15, 0.2) is 24.3 Å². The highest BCUT2D eigenvalue weighted by Gasteiger charge is 1.98. The summed E-state index contributed by atoms with van der Waals surface area (Å²) in [4.78, 5) is 10.9. The number of amides is 1. The maximum atomic E-state index is 10.9. The van der Waals surface area contributed by atoms with Gasteiger partial charge in [0.15, 0.2) is 0 Å². The molecule has 0 saturated carbocycles. The number of halogens is 1. The third-order valence-electron chi connectivity index (χ3n) is 1.98. The minimum atomic E-state index is -0.146. The van der Waals surface area contributed by atoms with Crippen molar-refractivity contribution in [2.24, 2.45) is 5.73 Å². The Morgan fingerprint density at radius 3 is 2.75 bits per heavy atom. The predicted octanol–water partition coefficient (Wildman–Crippen LogP) is 0.830. The van der Waals surface area contributed by atoms with Gasteiger partial charge in [-0.15, -0.1) is 12.4 Å². The monoisotopic (exact) mass is 244 g/mol. The van der Waals surface area contributed by atoms with E-state index < -0.39 is 0 Å². The van der Waals surface area contributed by atoms with E-state index in [-0.39, 0.29) is 24.9 Å². The maximum Gasteiger partial charge on any atom is 0.234 e. The van der Waals surface area contributed by atoms with Crippen LogP contribution in [-0.4, -0.2) is 19.6 Å². The van der Waals surface area contributed by atoms with Gasteiger partial charge in [-0.3, -0.25) is 4.79 Å². The molecule has 0 heterocycles. The van der Waals surface area contributed by atoms with Gasteiger partial charge in [0.25, 0.3) is 0 Å². The first-order valence-electron chi connectivity index (χ1n) is 4.79. The van der Waals surface area contributed by atoms with Gasteiger partial charge in [-0.1, -0.05) is 24.3 Å². The first-order chi connectivity index (χ1) is 7.26. The summed E-state index contributed by atoms with van der Waals surface area (Å²) in [5, 5.41) is 2.71. The zero-order chi connectivity index (χ0) is 11.1. The average Bonchev–Trinajstić information content (AvgIpc) is 2.27. The van der Waals surface area contributed by atoms with E-state index in [1.807, 2.05) is 24.3 Å². The van der Waals surface area contributed by atoms with Gasteiger partial charge in [0.05, 0.1) is 13.2 Å². The molecule has 0 aliphatic rings. The van der Waals surface area contributed by atoms with Crippen LogP contribution in [0.25, 0.3) is 0 Å². The molecule has 0 spiro atoms. The second-order valence-electron chi connectivity index (χ2n) is 3.23. The van der Waals surface area contributed by atoms with Crippen molar-refractivity contribution in [2.75, 3.05) is 13.7 Å². The molecule has 0 atom stereocenters. The lowest BCUT2D eigenvalue weighted by Gasteiger charge is -2.05. The van der Waals surface area contributed by atoms with Crippen LogP contribution in [-0.2, 0) is 22.7 Å². The topological polar surface area (TPSA) is 64.3 Å². The molecular formula is C11H17ClN2O2. The summed E-state index contributed by atoms with van der Waals surface area (Å²) in [5.41, 5.74) is 7.32. The summed E-state index contributed by atoms with van der Waals surface area (Å²) in [5.74, 6) is -0.146. The Kier molecular flexibility index (Phi) is 7.54. The molecule has 1 aromatic carbocycles. The number of hydrogen-bond acceptors (Lipinski definition) is 3. The van der Waals surface area contributed by atoms with Gasteiger partial charge < -0.3 is 15.8 Å². The molecule has 1 aromatic rings. The standard InChI is InChI=1S/C11H16N2O2.ClH/c1-15-8-10-4-2-3-9(5-10)7-13-11(14)6-12;/h2-5H,6-8,12H2,1H3,(H,13,14);1H. The highest BCUT2D eigenvalue weighted by atomic mass is 35.5. The first-order valence-corrected chi connectivity index (χ1v) is 4.79. The zero-order valence-corrected chi connectivity index (χ0v) is 10.0. The highest BCUT2D eigenvalue weighted by Crippen LogP contribution is 2.05. The minimum absolute atomic E-state index is 0. The van der Waals surface area contributed by atoms with Gasteiger partial charge in [-0.25, -0.2) is 0 Å². The molecule has 0 aromatic heterocycles. The summed E-state index contributed by atoms with van der Waals surface area (Å²) in [6.07, 6.45) is 0. The maximum absolute atomic E-state index is 10.9. The van der Waals surface area contributed by atoms with Gasteiger partial charge in [0, 0.05) is 13.7 Å². The van der Waals surface area contributed by atoms with E-state index >= 15 is 0 Å². The smallest absolute Gasteiger partial charge is 0.234 e. The van der Waals surface area contributed by atoms with Crippen molar-refractivity contribution in [1.29, 1.82) is 0 Å². The number of benzene rings is 1. The molecule has 0 bridgehead atoms. The third kappa shape index (κ3) is 5.11. The highest BCUT2D eigenvalue weighted by molar-refractivity contribution is 5.85. The van der Waals surface area contributed by atoms with Crippen molar-refractivity contribution in [3.05, 3.63) is 35.4 Å². The normalized spacial score (nSPS) is 9.38. The SMILES string of the molecule is COCc1cccc(CNC(=O)CN)c1.Cl. The molecule has 5 heteroatoms. The fourth-order valence-corrected chi connectivity index (χ4v) is 1.27. The second kappa shape index (κ2) is 8.10. The van der Waals surface area contributed by atoms with Gasteiger partial charge in [-0.05, 0) is 11.1 Å². The largest absolute Gasteiger partial charge is 0.380 e. The Balaban J connectivity index is 0.00000225. The number of nitrogens with two attached hydrogens (primary N) is 1. The molecule has 1 amide bonds. The lowest BCUT2D eigenvalue weighted by atomic mass is 10.1. The van der Waals surface area contributed by atoms with Crippen molar-refractivity contribution in [2.45, 2.75) is 13.2 Å². The van der Waals surface area contributed by atoms with E-state index in [4.69, 9.17) is 10.5 Å². The summed E-state index contributed by atoms with van der Waals surface area (Å²) in [7, 11) is 1.66. The Bertz CT molecular complexity index is 332. The molecule has 90 valence electrons. The van der Waals surface area contributed by atoms with E-state index in [1.165, 1.54) is 0 Å². The van der Waals surface area contributed by atoms with Gasteiger partial charge in [-0.2, -0.15) is 0 Å². The zero-order valence-electron chi connectivity index (χ0n) is 9.23. The van der Waals surface area contributed by atoms with Crippen molar-refractivity contribution in [3.8, 4) is 0 Å². The summed E-state index contributed by atoms with van der Waals surface area (Å²) in [6, 6.07) is 7.88. The Morgan fingerprint density at radius 1 is 1.44 bits per heavy atom. The van der Waals surface area contributed by atoms with Crippen molar-refractivity contribution >= 4 is 18.3 Å². The molecule has 0 fully saturated rings. The van der Waals surface area contributed by atoms with Crippen LogP contribution in [0.2, 0.25) is 0 Å². The van der Waals surface area contributed by atoms with E-state index in [1.54, 1.807) is 7.11 Å². The van der Waals surface area contributed by atoms with E-state index in [2.05, 4.69) is 5.32 Å². The summed E-state index contributed by atoms with van der Waals surface area (Å²) >= 11 is 0. The first kappa shape index (κ1) is 14.9. The van der Waals surface area contributed by atoms with E-state index in [0.717, 1.165) is 11.1 Å². The predicted molar refractivity (Wildman–Crippen MR) is 65.3 cm³/mol. The second-order valence-corrected chi connectivity index (χ2v) is 3.23. The number of carbonyl (C=O) groups excluding carboxylic acids is 1. The number of hydrogen-bond donors (Lipinski definition) is 2. The number of methoxy groups -OCH3 is 1. The fourth-order valence-electron chi connectivity index (χ4n) is 1.27. The summed E-state index contributed by atoms with van der Waals surface area (Å²) < 4.78 is 5.02. The van der Waals surface area contributed by atoms with Crippen LogP contribution in [0, 0.1) is 0 Å². The Labute approximate surface area is 102 Å². The quantitative estimate of drug-likeness (QED) is 0.807. The molecule has 0 aliphatic carbocycles. The molecule has 3 N–H and O–H groups in total. The minimum Gasteiger partial charge on any atom is -0.380 e. The molecule has 0 unspecified atom stereocenters. The molecule has 0 radical (unpaired) electrons. The average molecular weight is 245 g/mol. The Hall–Kier alpha value is -1.10. The molecule has 1 rings (SSSR count). The fraction of sp³-hybridized carbons (Fsp3) is 0.364.